The van der Waals surface area contributed by atoms with Crippen LogP contribution < -0.4 is 0 Å². The molecule has 8 aromatic carbocycles. The predicted octanol–water partition coefficient (Wildman–Crippen LogP) is 12.5. The van der Waals surface area contributed by atoms with E-state index in [1.165, 1.54) is 0 Å². The van der Waals surface area contributed by atoms with E-state index in [2.05, 4.69) is 124 Å². The molecule has 278 valence electrons. The zero-order valence-electron chi connectivity index (χ0n) is 32.0. The molecule has 0 amide bonds. The lowest BCUT2D eigenvalue weighted by Crippen LogP contribution is -2.04. The van der Waals surface area contributed by atoms with Gasteiger partial charge in [0.05, 0.1) is 45.3 Å². The van der Waals surface area contributed by atoms with Crippen molar-refractivity contribution in [2.45, 2.75) is 0 Å². The Balaban J connectivity index is 1.18. The quantitative estimate of drug-likeness (QED) is 0.168. The summed E-state index contributed by atoms with van der Waals surface area (Å²) < 4.78 is 4.51. The van der Waals surface area contributed by atoms with E-state index in [-0.39, 0.29) is 0 Å². The molecule has 3 aromatic heterocycles. The lowest BCUT2D eigenvalue weighted by molar-refractivity contribution is 1.07. The minimum absolute atomic E-state index is 0.381. The average Bonchev–Trinajstić information content (AvgIpc) is 3.84. The van der Waals surface area contributed by atoms with Crippen molar-refractivity contribution in [2.24, 2.45) is 0 Å². The van der Waals surface area contributed by atoms with E-state index in [9.17, 15) is 10.5 Å². The van der Waals surface area contributed by atoms with Crippen LogP contribution in [-0.2, 0) is 0 Å². The Morgan fingerprint density at radius 2 is 0.800 bits per heavy atom. The zero-order chi connectivity index (χ0) is 40.2. The summed E-state index contributed by atoms with van der Waals surface area (Å²) in [5, 5.41) is 24.9. The second-order valence-corrected chi connectivity index (χ2v) is 14.7. The first-order chi connectivity index (χ1) is 29.7. The number of aromatic nitrogens is 5. The third-order valence-corrected chi connectivity index (χ3v) is 11.3. The van der Waals surface area contributed by atoms with Crippen molar-refractivity contribution in [1.82, 2.24) is 24.1 Å². The van der Waals surface area contributed by atoms with Crippen LogP contribution in [0.25, 0.3) is 100 Å². The summed E-state index contributed by atoms with van der Waals surface area (Å²) in [6.07, 6.45) is 0. The van der Waals surface area contributed by atoms with E-state index < -0.39 is 0 Å². The second kappa shape index (κ2) is 14.1. The Labute approximate surface area is 345 Å². The smallest absolute Gasteiger partial charge is 0.165 e. The van der Waals surface area contributed by atoms with Gasteiger partial charge in [0, 0.05) is 49.6 Å². The molecule has 3 heterocycles. The molecule has 0 radical (unpaired) electrons. The highest BCUT2D eigenvalue weighted by atomic mass is 15.0. The van der Waals surface area contributed by atoms with Gasteiger partial charge in [0.25, 0.3) is 0 Å². The molecule has 0 aliphatic rings. The molecule has 0 saturated heterocycles. The summed E-state index contributed by atoms with van der Waals surface area (Å²) in [6.45, 7) is 0. The number of benzene rings is 8. The first kappa shape index (κ1) is 34.6. The fourth-order valence-electron chi connectivity index (χ4n) is 8.52. The van der Waals surface area contributed by atoms with Crippen LogP contribution in [0.1, 0.15) is 11.1 Å². The number of nitrogens with zero attached hydrogens (tertiary/aromatic N) is 7. The molecular weight excluding hydrogens is 735 g/mol. The van der Waals surface area contributed by atoms with Crippen LogP contribution >= 0.6 is 0 Å². The van der Waals surface area contributed by atoms with E-state index >= 15 is 0 Å². The van der Waals surface area contributed by atoms with Gasteiger partial charge in [-0.05, 0) is 77.9 Å². The van der Waals surface area contributed by atoms with Gasteiger partial charge in [-0.3, -0.25) is 0 Å². The van der Waals surface area contributed by atoms with Gasteiger partial charge in [-0.15, -0.1) is 0 Å². The Morgan fingerprint density at radius 1 is 0.350 bits per heavy atom. The fourth-order valence-corrected chi connectivity index (χ4v) is 8.52. The summed E-state index contributed by atoms with van der Waals surface area (Å²) in [5.74, 6) is 1.31. The molecule has 11 rings (SSSR count). The van der Waals surface area contributed by atoms with Gasteiger partial charge in [-0.25, -0.2) is 15.0 Å². The third-order valence-electron chi connectivity index (χ3n) is 11.3. The largest absolute Gasteiger partial charge is 0.309 e. The first-order valence-corrected chi connectivity index (χ1v) is 19.6. The van der Waals surface area contributed by atoms with Crippen LogP contribution in [0.3, 0.4) is 0 Å². The minimum Gasteiger partial charge on any atom is -0.309 e. The van der Waals surface area contributed by atoms with E-state index in [1.54, 1.807) is 0 Å². The SMILES string of the molecule is N#Cc1ccc(-c2ccc(-n3c4ccccc4c4ccccc43)cc2-c2nc(-c3ccccc3)nc(-c3cc(-n4c5ccccc5c5ccccc54)ccc3C#N)n2)cc1. The normalized spacial score (nSPS) is 11.3. The minimum atomic E-state index is 0.381. The Kier molecular flexibility index (Phi) is 8.11. The molecule has 0 fully saturated rings. The van der Waals surface area contributed by atoms with Crippen LogP contribution in [0.5, 0.6) is 0 Å². The molecule has 0 spiro atoms. The fraction of sp³-hybridized carbons (Fsp3) is 0. The highest BCUT2D eigenvalue weighted by Gasteiger charge is 2.21. The molecule has 0 aliphatic carbocycles. The van der Waals surface area contributed by atoms with Gasteiger partial charge >= 0.3 is 0 Å². The summed E-state index contributed by atoms with van der Waals surface area (Å²) >= 11 is 0. The molecule has 0 unspecified atom stereocenters. The van der Waals surface area contributed by atoms with Crippen LogP contribution in [0.2, 0.25) is 0 Å². The third kappa shape index (κ3) is 5.61. The Morgan fingerprint density at radius 3 is 1.32 bits per heavy atom. The maximum atomic E-state index is 10.6. The first-order valence-electron chi connectivity index (χ1n) is 19.6. The maximum absolute atomic E-state index is 10.6. The molecule has 0 aliphatic heterocycles. The van der Waals surface area contributed by atoms with E-state index in [0.717, 1.165) is 77.2 Å². The van der Waals surface area contributed by atoms with Crippen molar-refractivity contribution in [3.8, 4) is 68.8 Å². The summed E-state index contributed by atoms with van der Waals surface area (Å²) in [4.78, 5) is 15.6. The van der Waals surface area contributed by atoms with Crippen LogP contribution in [0.4, 0.5) is 0 Å². The Hall–Kier alpha value is -8.65. The van der Waals surface area contributed by atoms with Crippen molar-refractivity contribution in [3.05, 3.63) is 199 Å². The second-order valence-electron chi connectivity index (χ2n) is 14.7. The van der Waals surface area contributed by atoms with Crippen molar-refractivity contribution < 1.29 is 0 Å². The van der Waals surface area contributed by atoms with E-state index in [0.29, 0.717) is 34.2 Å². The van der Waals surface area contributed by atoms with Gasteiger partial charge in [0.2, 0.25) is 0 Å². The molecule has 7 nitrogen and oxygen atoms in total. The molecular formula is C53H31N7. The summed E-state index contributed by atoms with van der Waals surface area (Å²) in [7, 11) is 0. The van der Waals surface area contributed by atoms with Crippen LogP contribution in [0.15, 0.2) is 188 Å². The van der Waals surface area contributed by atoms with Crippen LogP contribution in [0, 0.1) is 22.7 Å². The van der Waals surface area contributed by atoms with Crippen molar-refractivity contribution in [3.63, 3.8) is 0 Å². The number of nitriles is 2. The predicted molar refractivity (Wildman–Crippen MR) is 240 cm³/mol. The monoisotopic (exact) mass is 765 g/mol. The van der Waals surface area contributed by atoms with E-state index in [4.69, 9.17) is 15.0 Å². The topological polar surface area (TPSA) is 96.1 Å². The summed E-state index contributed by atoms with van der Waals surface area (Å²) in [5.41, 5.74) is 11.1. The van der Waals surface area contributed by atoms with Gasteiger partial charge in [-0.1, -0.05) is 121 Å². The standard InChI is InChI=1S/C53H31N7/c54-32-34-22-24-35(25-23-34)40-29-28-39(60-49-20-10-6-16-43(49)44-17-7-11-21-50(44)60)31-46(40)53-57-51(36-12-2-1-3-13-36)56-52(58-53)45-30-38(27-26-37(45)33-55)59-47-18-8-4-14-41(47)42-15-5-9-19-48(42)59/h1-31H. The number of fused-ring (bicyclic) bond motifs is 6. The zero-order valence-corrected chi connectivity index (χ0v) is 32.0. The lowest BCUT2D eigenvalue weighted by Gasteiger charge is -2.16. The molecule has 60 heavy (non-hydrogen) atoms. The van der Waals surface area contributed by atoms with Crippen molar-refractivity contribution in [1.29, 1.82) is 10.5 Å². The average molecular weight is 766 g/mol. The van der Waals surface area contributed by atoms with E-state index in [1.807, 2.05) is 84.9 Å². The number of hydrogen-bond donors (Lipinski definition) is 0. The molecule has 7 heteroatoms. The number of rotatable bonds is 6. The Bertz CT molecular complexity index is 3460. The lowest BCUT2D eigenvalue weighted by atomic mass is 9.97. The molecule has 0 bridgehead atoms. The van der Waals surface area contributed by atoms with Crippen molar-refractivity contribution in [2.75, 3.05) is 0 Å². The van der Waals surface area contributed by atoms with Gasteiger partial charge in [0.1, 0.15) is 0 Å². The van der Waals surface area contributed by atoms with Gasteiger partial charge < -0.3 is 9.13 Å². The molecule has 0 N–H and O–H groups in total. The number of hydrogen-bond acceptors (Lipinski definition) is 5. The van der Waals surface area contributed by atoms with Crippen LogP contribution in [-0.4, -0.2) is 24.1 Å². The highest BCUT2D eigenvalue weighted by Crippen LogP contribution is 2.39. The molecule has 0 saturated carbocycles. The molecule has 0 atom stereocenters. The van der Waals surface area contributed by atoms with Gasteiger partial charge in [-0.2, -0.15) is 10.5 Å². The van der Waals surface area contributed by atoms with Crippen molar-refractivity contribution >= 4 is 43.6 Å². The number of para-hydroxylation sites is 4. The summed E-state index contributed by atoms with van der Waals surface area (Å²) in [6, 6.07) is 67.9. The maximum Gasteiger partial charge on any atom is 0.165 e. The van der Waals surface area contributed by atoms with Gasteiger partial charge in [0.15, 0.2) is 17.5 Å². The highest BCUT2D eigenvalue weighted by molar-refractivity contribution is 6.10. The molecule has 11 aromatic rings.